The molecule has 0 bridgehead atoms. The molecule has 0 radical (unpaired) electrons. The maximum absolute atomic E-state index is 12.5. The molecular formula is C17H14OS2. The minimum atomic E-state index is 0.271. The normalized spacial score (nSPS) is 13.8. The minimum absolute atomic E-state index is 0.271. The van der Waals surface area contributed by atoms with Gasteiger partial charge in [0.1, 0.15) is 0 Å². The third-order valence-corrected chi connectivity index (χ3v) is 6.22. The van der Waals surface area contributed by atoms with Crippen molar-refractivity contribution in [2.24, 2.45) is 0 Å². The van der Waals surface area contributed by atoms with Crippen LogP contribution in [0.25, 0.3) is 10.1 Å². The molecule has 3 aromatic rings. The van der Waals surface area contributed by atoms with Crippen LogP contribution in [-0.4, -0.2) is 5.78 Å². The van der Waals surface area contributed by atoms with Gasteiger partial charge < -0.3 is 0 Å². The maximum atomic E-state index is 12.5. The van der Waals surface area contributed by atoms with Crippen LogP contribution in [0, 0.1) is 0 Å². The third-order valence-electron chi connectivity index (χ3n) is 3.93. The molecule has 1 nitrogen and oxygen atoms in total. The minimum Gasteiger partial charge on any atom is -0.293 e. The number of thiophene rings is 2. The van der Waals surface area contributed by atoms with Crippen molar-refractivity contribution in [3.05, 3.63) is 56.6 Å². The number of fused-ring (bicyclic) bond motifs is 2. The molecule has 1 aliphatic carbocycles. The summed E-state index contributed by atoms with van der Waals surface area (Å²) in [5, 5.41) is 3.36. The van der Waals surface area contributed by atoms with Crippen LogP contribution in [0.3, 0.4) is 0 Å². The number of hydrogen-bond acceptors (Lipinski definition) is 3. The first-order chi connectivity index (χ1) is 9.81. The van der Waals surface area contributed by atoms with Crippen molar-refractivity contribution >= 4 is 38.5 Å². The second-order valence-corrected chi connectivity index (χ2v) is 7.32. The third kappa shape index (κ3) is 2.02. The molecule has 2 heterocycles. The zero-order valence-electron chi connectivity index (χ0n) is 11.0. The van der Waals surface area contributed by atoms with Crippen LogP contribution < -0.4 is 0 Å². The van der Waals surface area contributed by atoms with E-state index in [9.17, 15) is 4.79 Å². The Bertz CT molecular complexity index is 773. The van der Waals surface area contributed by atoms with Crippen LogP contribution in [-0.2, 0) is 19.3 Å². The Balaban J connectivity index is 1.63. The molecule has 4 rings (SSSR count). The molecule has 0 unspecified atom stereocenters. The molecule has 1 aromatic carbocycles. The fraction of sp³-hybridized carbons (Fsp3) is 0.235. The summed E-state index contributed by atoms with van der Waals surface area (Å²) >= 11 is 3.44. The Morgan fingerprint density at radius 3 is 3.00 bits per heavy atom. The zero-order valence-corrected chi connectivity index (χ0v) is 12.7. The number of hydrogen-bond donors (Lipinski definition) is 0. The highest BCUT2D eigenvalue weighted by Crippen LogP contribution is 2.32. The van der Waals surface area contributed by atoms with E-state index >= 15 is 0 Å². The number of ketones is 1. The Morgan fingerprint density at radius 1 is 1.20 bits per heavy atom. The average Bonchev–Trinajstić information content (AvgIpc) is 3.12. The number of aryl methyl sites for hydroxylation is 2. The lowest BCUT2D eigenvalue weighted by molar-refractivity contribution is 0.0997. The van der Waals surface area contributed by atoms with Crippen LogP contribution in [0.5, 0.6) is 0 Å². The van der Waals surface area contributed by atoms with Gasteiger partial charge in [-0.15, -0.1) is 22.7 Å². The van der Waals surface area contributed by atoms with Gasteiger partial charge in [-0.3, -0.25) is 4.79 Å². The van der Waals surface area contributed by atoms with Gasteiger partial charge in [0.15, 0.2) is 5.78 Å². The van der Waals surface area contributed by atoms with Gasteiger partial charge in [-0.05, 0) is 53.3 Å². The Labute approximate surface area is 125 Å². The molecule has 20 heavy (non-hydrogen) atoms. The highest BCUT2D eigenvalue weighted by atomic mass is 32.1. The SMILES string of the molecule is O=C(Cc1csc2ccccc12)c1cc2c(s1)CCC2. The predicted octanol–water partition coefficient (Wildman–Crippen LogP) is 4.88. The first-order valence-corrected chi connectivity index (χ1v) is 8.61. The van der Waals surface area contributed by atoms with Crippen LogP contribution in [0.15, 0.2) is 35.7 Å². The fourth-order valence-electron chi connectivity index (χ4n) is 2.90. The lowest BCUT2D eigenvalue weighted by Crippen LogP contribution is -2.00. The zero-order chi connectivity index (χ0) is 13.5. The van der Waals surface area contributed by atoms with Gasteiger partial charge in [-0.25, -0.2) is 0 Å². The molecule has 2 aromatic heterocycles. The molecule has 0 saturated carbocycles. The summed E-state index contributed by atoms with van der Waals surface area (Å²) in [6.45, 7) is 0. The van der Waals surface area contributed by atoms with Crippen molar-refractivity contribution < 1.29 is 4.79 Å². The maximum Gasteiger partial charge on any atom is 0.177 e. The van der Waals surface area contributed by atoms with Crippen molar-refractivity contribution in [1.82, 2.24) is 0 Å². The van der Waals surface area contributed by atoms with Crippen molar-refractivity contribution in [1.29, 1.82) is 0 Å². The van der Waals surface area contributed by atoms with Crippen LogP contribution in [0.1, 0.15) is 32.1 Å². The highest BCUT2D eigenvalue weighted by molar-refractivity contribution is 7.17. The van der Waals surface area contributed by atoms with Crippen molar-refractivity contribution in [3.63, 3.8) is 0 Å². The molecule has 0 spiro atoms. The van der Waals surface area contributed by atoms with Crippen molar-refractivity contribution in [2.75, 3.05) is 0 Å². The van der Waals surface area contributed by atoms with E-state index in [0.717, 1.165) is 17.7 Å². The summed E-state index contributed by atoms with van der Waals surface area (Å²) in [6, 6.07) is 10.5. The molecule has 0 fully saturated rings. The standard InChI is InChI=1S/C17H14OS2/c18-14(17-9-11-4-3-7-15(11)20-17)8-12-10-19-16-6-2-1-5-13(12)16/h1-2,5-6,9-10H,3-4,7-8H2. The smallest absolute Gasteiger partial charge is 0.177 e. The molecule has 3 heteroatoms. The summed E-state index contributed by atoms with van der Waals surface area (Å²) in [7, 11) is 0. The molecule has 0 saturated heterocycles. The van der Waals surface area contributed by atoms with E-state index < -0.39 is 0 Å². The number of carbonyl (C=O) groups is 1. The second kappa shape index (κ2) is 4.83. The fourth-order valence-corrected chi connectivity index (χ4v) is 5.05. The van der Waals surface area contributed by atoms with Crippen LogP contribution >= 0.6 is 22.7 Å². The summed E-state index contributed by atoms with van der Waals surface area (Å²) in [5.74, 6) is 0.271. The van der Waals surface area contributed by atoms with Crippen LogP contribution in [0.2, 0.25) is 0 Å². The van der Waals surface area contributed by atoms with E-state index in [1.54, 1.807) is 22.7 Å². The Kier molecular flexibility index (Phi) is 2.97. The van der Waals surface area contributed by atoms with Gasteiger partial charge in [-0.1, -0.05) is 18.2 Å². The summed E-state index contributed by atoms with van der Waals surface area (Å²) < 4.78 is 1.27. The molecule has 0 N–H and O–H groups in total. The largest absolute Gasteiger partial charge is 0.293 e. The Hall–Kier alpha value is -1.45. The highest BCUT2D eigenvalue weighted by Gasteiger charge is 2.19. The van der Waals surface area contributed by atoms with E-state index in [0.29, 0.717) is 6.42 Å². The molecule has 0 amide bonds. The van der Waals surface area contributed by atoms with E-state index in [1.165, 1.54) is 32.5 Å². The monoisotopic (exact) mass is 298 g/mol. The number of Topliss-reactive ketones (excluding diaryl/α,β-unsaturated/α-hetero) is 1. The van der Waals surface area contributed by atoms with Gasteiger partial charge in [0.2, 0.25) is 0 Å². The number of rotatable bonds is 3. The van der Waals surface area contributed by atoms with E-state index in [4.69, 9.17) is 0 Å². The van der Waals surface area contributed by atoms with Gasteiger partial charge in [0.05, 0.1) is 4.88 Å². The van der Waals surface area contributed by atoms with E-state index in [-0.39, 0.29) is 5.78 Å². The predicted molar refractivity (Wildman–Crippen MR) is 86.2 cm³/mol. The first-order valence-electron chi connectivity index (χ1n) is 6.91. The number of carbonyl (C=O) groups excluding carboxylic acids is 1. The molecular weight excluding hydrogens is 284 g/mol. The second-order valence-electron chi connectivity index (χ2n) is 5.27. The summed E-state index contributed by atoms with van der Waals surface area (Å²) in [4.78, 5) is 14.9. The summed E-state index contributed by atoms with van der Waals surface area (Å²) in [5.41, 5.74) is 2.58. The molecule has 0 atom stereocenters. The topological polar surface area (TPSA) is 17.1 Å². The lowest BCUT2D eigenvalue weighted by atomic mass is 10.1. The van der Waals surface area contributed by atoms with E-state index in [1.807, 2.05) is 12.1 Å². The number of benzene rings is 1. The Morgan fingerprint density at radius 2 is 2.10 bits per heavy atom. The lowest BCUT2D eigenvalue weighted by Gasteiger charge is -1.98. The quantitative estimate of drug-likeness (QED) is 0.630. The van der Waals surface area contributed by atoms with Gasteiger partial charge in [-0.2, -0.15) is 0 Å². The first kappa shape index (κ1) is 12.3. The van der Waals surface area contributed by atoms with E-state index in [2.05, 4.69) is 23.6 Å². The van der Waals surface area contributed by atoms with Crippen molar-refractivity contribution in [3.8, 4) is 0 Å². The molecule has 100 valence electrons. The van der Waals surface area contributed by atoms with Gasteiger partial charge >= 0.3 is 0 Å². The molecule has 0 aliphatic heterocycles. The van der Waals surface area contributed by atoms with Gasteiger partial charge in [0.25, 0.3) is 0 Å². The van der Waals surface area contributed by atoms with Gasteiger partial charge in [0, 0.05) is 16.0 Å². The molecule has 1 aliphatic rings. The van der Waals surface area contributed by atoms with Crippen LogP contribution in [0.4, 0.5) is 0 Å². The average molecular weight is 298 g/mol. The summed E-state index contributed by atoms with van der Waals surface area (Å²) in [6.07, 6.45) is 4.10. The van der Waals surface area contributed by atoms with Crippen molar-refractivity contribution in [2.45, 2.75) is 25.7 Å².